The average Bonchev–Trinajstić information content (AvgIpc) is 3.24. The highest BCUT2D eigenvalue weighted by Crippen LogP contribution is 2.26. The van der Waals surface area contributed by atoms with Crippen molar-refractivity contribution in [3.8, 4) is 0 Å². The first-order valence-electron chi connectivity index (χ1n) is 8.09. The van der Waals surface area contributed by atoms with Gasteiger partial charge in [0, 0.05) is 24.1 Å². The van der Waals surface area contributed by atoms with Gasteiger partial charge >= 0.3 is 0 Å². The first kappa shape index (κ1) is 17.0. The highest BCUT2D eigenvalue weighted by Gasteiger charge is 2.20. The normalized spacial score (nSPS) is 11.0. The molecule has 0 radical (unpaired) electrons. The van der Waals surface area contributed by atoms with Gasteiger partial charge in [-0.25, -0.2) is 4.98 Å². The number of fused-ring (bicyclic) bond motifs is 2. The van der Waals surface area contributed by atoms with Crippen molar-refractivity contribution in [3.05, 3.63) is 63.1 Å². The number of para-hydroxylation sites is 1. The van der Waals surface area contributed by atoms with Crippen LogP contribution < -0.4 is 16.4 Å². The molecule has 2 amide bonds. The second-order valence-electron chi connectivity index (χ2n) is 6.05. The summed E-state index contributed by atoms with van der Waals surface area (Å²) < 4.78 is 1.36. The standard InChI is InChI=1S/C18H15N5O3S/c1-9-13-17(20-8-23(2)18(13)26)27-14(9)16(25)22-21-15(24)11-7-19-12-6-4-3-5-10(11)12/h3-8,19H,1-2H3,(H,21,24)(H,22,25). The third kappa shape index (κ3) is 2.77. The number of aromatic amines is 1. The lowest BCUT2D eigenvalue weighted by molar-refractivity contribution is 0.0849. The van der Waals surface area contributed by atoms with Crippen molar-refractivity contribution < 1.29 is 9.59 Å². The van der Waals surface area contributed by atoms with Crippen LogP contribution in [0.3, 0.4) is 0 Å². The second kappa shape index (κ2) is 6.36. The van der Waals surface area contributed by atoms with Crippen molar-refractivity contribution in [2.75, 3.05) is 0 Å². The van der Waals surface area contributed by atoms with E-state index in [4.69, 9.17) is 0 Å². The fourth-order valence-corrected chi connectivity index (χ4v) is 3.96. The lowest BCUT2D eigenvalue weighted by atomic mass is 10.2. The SMILES string of the molecule is Cc1c(C(=O)NNC(=O)c2c[nH]c3ccccc23)sc2ncn(C)c(=O)c12. The van der Waals surface area contributed by atoms with Crippen LogP contribution in [0.4, 0.5) is 0 Å². The lowest BCUT2D eigenvalue weighted by Gasteiger charge is -2.06. The molecular formula is C18H15N5O3S. The molecule has 0 aliphatic carbocycles. The van der Waals surface area contributed by atoms with Crippen molar-refractivity contribution in [2.24, 2.45) is 7.05 Å². The number of rotatable bonds is 2. The molecule has 0 spiro atoms. The van der Waals surface area contributed by atoms with Gasteiger partial charge in [0.15, 0.2) is 0 Å². The summed E-state index contributed by atoms with van der Waals surface area (Å²) in [6.07, 6.45) is 3.01. The maximum atomic E-state index is 12.5. The van der Waals surface area contributed by atoms with E-state index >= 15 is 0 Å². The number of thiophene rings is 1. The number of amides is 2. The van der Waals surface area contributed by atoms with E-state index < -0.39 is 11.8 Å². The summed E-state index contributed by atoms with van der Waals surface area (Å²) >= 11 is 1.11. The highest BCUT2D eigenvalue weighted by molar-refractivity contribution is 7.20. The molecule has 3 N–H and O–H groups in total. The molecular weight excluding hydrogens is 366 g/mol. The fraction of sp³-hybridized carbons (Fsp3) is 0.111. The molecule has 0 saturated carbocycles. The Morgan fingerprint density at radius 1 is 1.19 bits per heavy atom. The van der Waals surface area contributed by atoms with Crippen molar-refractivity contribution in [1.82, 2.24) is 25.4 Å². The van der Waals surface area contributed by atoms with Crippen LogP contribution in [0.25, 0.3) is 21.1 Å². The topological polar surface area (TPSA) is 109 Å². The Balaban J connectivity index is 1.57. The number of hydrogen-bond acceptors (Lipinski definition) is 5. The number of carbonyl (C=O) groups is 2. The number of benzene rings is 1. The molecule has 0 saturated heterocycles. The summed E-state index contributed by atoms with van der Waals surface area (Å²) in [5.41, 5.74) is 6.41. The average molecular weight is 381 g/mol. The van der Waals surface area contributed by atoms with Crippen LogP contribution in [0.15, 0.2) is 41.6 Å². The predicted molar refractivity (Wildman–Crippen MR) is 103 cm³/mol. The first-order chi connectivity index (χ1) is 13.0. The molecule has 3 aromatic heterocycles. The number of H-pyrrole nitrogens is 1. The van der Waals surface area contributed by atoms with Crippen molar-refractivity contribution in [1.29, 1.82) is 0 Å². The molecule has 27 heavy (non-hydrogen) atoms. The van der Waals surface area contributed by atoms with Gasteiger partial charge in [0.1, 0.15) is 4.83 Å². The molecule has 0 unspecified atom stereocenters. The first-order valence-corrected chi connectivity index (χ1v) is 8.90. The zero-order valence-electron chi connectivity index (χ0n) is 14.5. The van der Waals surface area contributed by atoms with Crippen LogP contribution in [0, 0.1) is 6.92 Å². The van der Waals surface area contributed by atoms with Crippen LogP contribution in [0.2, 0.25) is 0 Å². The summed E-state index contributed by atoms with van der Waals surface area (Å²) in [6, 6.07) is 7.38. The van der Waals surface area contributed by atoms with E-state index in [-0.39, 0.29) is 5.56 Å². The molecule has 0 aliphatic rings. The van der Waals surface area contributed by atoms with Gasteiger partial charge in [-0.1, -0.05) is 18.2 Å². The summed E-state index contributed by atoms with van der Waals surface area (Å²) in [5, 5.41) is 1.17. The van der Waals surface area contributed by atoms with Crippen LogP contribution in [-0.2, 0) is 7.05 Å². The van der Waals surface area contributed by atoms with Crippen LogP contribution >= 0.6 is 11.3 Å². The fourth-order valence-electron chi connectivity index (χ4n) is 2.92. The monoisotopic (exact) mass is 381 g/mol. The second-order valence-corrected chi connectivity index (χ2v) is 7.05. The molecule has 9 heteroatoms. The number of hydrogen-bond donors (Lipinski definition) is 3. The van der Waals surface area contributed by atoms with Crippen molar-refractivity contribution >= 4 is 44.3 Å². The summed E-state index contributed by atoms with van der Waals surface area (Å²) in [7, 11) is 1.60. The van der Waals surface area contributed by atoms with Gasteiger partial charge in [-0.3, -0.25) is 25.2 Å². The van der Waals surface area contributed by atoms with Crippen LogP contribution in [0.1, 0.15) is 25.6 Å². The van der Waals surface area contributed by atoms with E-state index in [1.54, 1.807) is 20.2 Å². The van der Waals surface area contributed by atoms with Gasteiger partial charge < -0.3 is 9.55 Å². The Morgan fingerprint density at radius 2 is 1.93 bits per heavy atom. The Kier molecular flexibility index (Phi) is 4.00. The Labute approximate surface area is 156 Å². The molecule has 0 fully saturated rings. The predicted octanol–water partition coefficient (Wildman–Crippen LogP) is 1.86. The number of carbonyl (C=O) groups excluding carboxylic acids is 2. The van der Waals surface area contributed by atoms with Crippen LogP contribution in [0.5, 0.6) is 0 Å². The van der Waals surface area contributed by atoms with Gasteiger partial charge in [-0.2, -0.15) is 0 Å². The Hall–Kier alpha value is -3.46. The van der Waals surface area contributed by atoms with Crippen molar-refractivity contribution in [2.45, 2.75) is 6.92 Å². The third-order valence-corrected chi connectivity index (χ3v) is 5.54. The zero-order chi connectivity index (χ0) is 19.1. The number of hydrazine groups is 1. The van der Waals surface area contributed by atoms with Gasteiger partial charge in [0.2, 0.25) is 0 Å². The Bertz CT molecular complexity index is 1270. The lowest BCUT2D eigenvalue weighted by Crippen LogP contribution is -2.41. The van der Waals surface area contributed by atoms with Crippen molar-refractivity contribution in [3.63, 3.8) is 0 Å². The summed E-state index contributed by atoms with van der Waals surface area (Å²) in [6.45, 7) is 1.69. The molecule has 8 nitrogen and oxygen atoms in total. The van der Waals surface area contributed by atoms with E-state index in [2.05, 4.69) is 20.8 Å². The molecule has 0 aliphatic heterocycles. The minimum Gasteiger partial charge on any atom is -0.360 e. The van der Waals surface area contributed by atoms with E-state index in [1.807, 2.05) is 24.3 Å². The maximum Gasteiger partial charge on any atom is 0.280 e. The summed E-state index contributed by atoms with van der Waals surface area (Å²) in [5.74, 6) is -0.931. The third-order valence-electron chi connectivity index (χ3n) is 4.34. The largest absolute Gasteiger partial charge is 0.360 e. The minimum absolute atomic E-state index is 0.212. The van der Waals surface area contributed by atoms with Gasteiger partial charge in [-0.05, 0) is 18.6 Å². The number of nitrogens with one attached hydrogen (secondary N) is 3. The molecule has 4 rings (SSSR count). The van der Waals surface area contributed by atoms with E-state index in [1.165, 1.54) is 10.9 Å². The van der Waals surface area contributed by atoms with Crippen LogP contribution in [-0.4, -0.2) is 26.3 Å². The van der Waals surface area contributed by atoms with Gasteiger partial charge in [0.05, 0.1) is 22.2 Å². The minimum atomic E-state index is -0.495. The van der Waals surface area contributed by atoms with E-state index in [0.29, 0.717) is 26.2 Å². The number of aryl methyl sites for hydroxylation is 2. The highest BCUT2D eigenvalue weighted by atomic mass is 32.1. The van der Waals surface area contributed by atoms with E-state index in [0.717, 1.165) is 22.2 Å². The molecule has 0 bridgehead atoms. The molecule has 3 heterocycles. The Morgan fingerprint density at radius 3 is 2.74 bits per heavy atom. The number of aromatic nitrogens is 3. The van der Waals surface area contributed by atoms with Gasteiger partial charge in [-0.15, -0.1) is 11.3 Å². The number of nitrogens with zero attached hydrogens (tertiary/aromatic N) is 2. The van der Waals surface area contributed by atoms with E-state index in [9.17, 15) is 14.4 Å². The zero-order valence-corrected chi connectivity index (χ0v) is 15.3. The molecule has 1 aromatic carbocycles. The molecule has 4 aromatic rings. The smallest absolute Gasteiger partial charge is 0.280 e. The molecule has 136 valence electrons. The van der Waals surface area contributed by atoms with Gasteiger partial charge in [0.25, 0.3) is 17.4 Å². The quantitative estimate of drug-likeness (QED) is 0.461. The maximum absolute atomic E-state index is 12.5. The summed E-state index contributed by atoms with van der Waals surface area (Å²) in [4.78, 5) is 45.2. The molecule has 0 atom stereocenters.